The van der Waals surface area contributed by atoms with Gasteiger partial charge in [-0.3, -0.25) is 0 Å². The van der Waals surface area contributed by atoms with E-state index in [2.05, 4.69) is 121 Å². The summed E-state index contributed by atoms with van der Waals surface area (Å²) in [6, 6.07) is 45.2. The summed E-state index contributed by atoms with van der Waals surface area (Å²) in [6.07, 6.45) is 2.79. The van der Waals surface area contributed by atoms with Gasteiger partial charge in [-0.2, -0.15) is 0 Å². The Bertz CT molecular complexity index is 969. The number of benzene rings is 4. The standard InChI is InChI=1S/C29H26P2/c1-5-13-23(14-6-1)30(24-15-7-2-8-16-24)27-21-29(27)22-28(29)31(25-17-9-3-10-18-25)26-19-11-4-12-20-26/h1-20,27-28H,21-22H2/t27-,28-,29?/m0/s1. The molecule has 152 valence electrons. The molecule has 31 heavy (non-hydrogen) atoms. The van der Waals surface area contributed by atoms with E-state index < -0.39 is 0 Å². The van der Waals surface area contributed by atoms with Crippen molar-refractivity contribution < 1.29 is 0 Å². The van der Waals surface area contributed by atoms with Crippen molar-refractivity contribution >= 4 is 37.1 Å². The summed E-state index contributed by atoms with van der Waals surface area (Å²) in [6.45, 7) is 0. The number of hydrogen-bond donors (Lipinski definition) is 0. The first-order valence-corrected chi connectivity index (χ1v) is 14.0. The molecule has 2 aliphatic rings. The molecule has 0 N–H and O–H groups in total. The maximum atomic E-state index is 2.36. The van der Waals surface area contributed by atoms with Gasteiger partial charge in [0.1, 0.15) is 0 Å². The van der Waals surface area contributed by atoms with Crippen molar-refractivity contribution in [2.75, 3.05) is 0 Å². The molecule has 2 aliphatic carbocycles. The molecule has 0 unspecified atom stereocenters. The van der Waals surface area contributed by atoms with Gasteiger partial charge in [-0.15, -0.1) is 0 Å². The van der Waals surface area contributed by atoms with E-state index in [4.69, 9.17) is 0 Å². The minimum atomic E-state index is -0.303. The first-order valence-electron chi connectivity index (χ1n) is 11.2. The van der Waals surface area contributed by atoms with Crippen LogP contribution in [0.2, 0.25) is 0 Å². The molecule has 0 radical (unpaired) electrons. The van der Waals surface area contributed by atoms with E-state index in [1.807, 2.05) is 0 Å². The fraction of sp³-hybridized carbons (Fsp3) is 0.172. The lowest BCUT2D eigenvalue weighted by atomic mass is 10.4. The summed E-state index contributed by atoms with van der Waals surface area (Å²) in [7, 11) is -0.606. The molecule has 2 fully saturated rings. The van der Waals surface area contributed by atoms with Crippen LogP contribution >= 0.6 is 15.8 Å². The van der Waals surface area contributed by atoms with Crippen molar-refractivity contribution in [2.24, 2.45) is 5.41 Å². The van der Waals surface area contributed by atoms with E-state index in [0.29, 0.717) is 5.41 Å². The molecule has 4 aromatic rings. The van der Waals surface area contributed by atoms with Crippen molar-refractivity contribution in [2.45, 2.75) is 24.2 Å². The summed E-state index contributed by atoms with van der Waals surface area (Å²) < 4.78 is 0. The average Bonchev–Trinajstić information content (AvgIpc) is 3.74. The van der Waals surface area contributed by atoms with E-state index in [9.17, 15) is 0 Å². The summed E-state index contributed by atoms with van der Waals surface area (Å²) >= 11 is 0. The van der Waals surface area contributed by atoms with Crippen LogP contribution in [-0.4, -0.2) is 11.3 Å². The molecular formula is C29H26P2. The van der Waals surface area contributed by atoms with E-state index >= 15 is 0 Å². The zero-order valence-corrected chi connectivity index (χ0v) is 19.3. The lowest BCUT2D eigenvalue weighted by Crippen LogP contribution is -2.18. The Labute approximate surface area is 187 Å². The third kappa shape index (κ3) is 3.57. The summed E-state index contributed by atoms with van der Waals surface area (Å²) in [5.74, 6) is 0. The third-order valence-electron chi connectivity index (χ3n) is 6.91. The third-order valence-corrected chi connectivity index (χ3v) is 13.0. The van der Waals surface area contributed by atoms with Gasteiger partial charge in [-0.1, -0.05) is 121 Å². The van der Waals surface area contributed by atoms with E-state index in [1.54, 1.807) is 21.2 Å². The van der Waals surface area contributed by atoms with Crippen LogP contribution in [0.15, 0.2) is 121 Å². The number of rotatable bonds is 6. The van der Waals surface area contributed by atoms with Crippen molar-refractivity contribution in [3.63, 3.8) is 0 Å². The van der Waals surface area contributed by atoms with Crippen molar-refractivity contribution in [3.05, 3.63) is 121 Å². The maximum Gasteiger partial charge on any atom is -0.00597 e. The van der Waals surface area contributed by atoms with Crippen molar-refractivity contribution in [1.82, 2.24) is 0 Å². The van der Waals surface area contributed by atoms with Crippen LogP contribution in [0.1, 0.15) is 12.8 Å². The van der Waals surface area contributed by atoms with Crippen molar-refractivity contribution in [1.29, 1.82) is 0 Å². The Kier molecular flexibility index (Phi) is 5.02. The molecule has 0 amide bonds. The normalized spacial score (nSPS) is 20.8. The summed E-state index contributed by atoms with van der Waals surface area (Å²) in [5.41, 5.74) is 2.18. The molecule has 0 bridgehead atoms. The molecule has 0 saturated heterocycles. The van der Waals surface area contributed by atoms with E-state index in [1.165, 1.54) is 12.8 Å². The monoisotopic (exact) mass is 436 g/mol. The van der Waals surface area contributed by atoms with Gasteiger partial charge in [0.25, 0.3) is 0 Å². The molecule has 2 heteroatoms. The lowest BCUT2D eigenvalue weighted by molar-refractivity contribution is 0.905. The van der Waals surface area contributed by atoms with Crippen LogP contribution in [0.5, 0.6) is 0 Å². The van der Waals surface area contributed by atoms with Crippen LogP contribution in [0, 0.1) is 5.41 Å². The second-order valence-electron chi connectivity index (χ2n) is 8.76. The highest BCUT2D eigenvalue weighted by Gasteiger charge is 2.74. The van der Waals surface area contributed by atoms with Crippen LogP contribution in [0.3, 0.4) is 0 Å². The van der Waals surface area contributed by atoms with Gasteiger partial charge in [0.15, 0.2) is 0 Å². The molecule has 0 aliphatic heterocycles. The van der Waals surface area contributed by atoms with Gasteiger partial charge in [0, 0.05) is 0 Å². The molecule has 6 rings (SSSR count). The number of hydrogen-bond acceptors (Lipinski definition) is 0. The van der Waals surface area contributed by atoms with Gasteiger partial charge in [-0.05, 0) is 66.6 Å². The SMILES string of the molecule is c1ccc(P(c2ccccc2)[C@H]2CC23C[C@@H]3P(c2ccccc2)c2ccccc2)cc1. The highest BCUT2D eigenvalue weighted by Crippen LogP contribution is 2.82. The molecule has 0 aromatic heterocycles. The Morgan fingerprint density at radius 3 is 0.935 bits per heavy atom. The topological polar surface area (TPSA) is 0 Å². The molecular weight excluding hydrogens is 410 g/mol. The van der Waals surface area contributed by atoms with E-state index in [0.717, 1.165) is 11.3 Å². The highest BCUT2D eigenvalue weighted by molar-refractivity contribution is 7.75. The highest BCUT2D eigenvalue weighted by atomic mass is 31.1. The lowest BCUT2D eigenvalue weighted by Gasteiger charge is -2.21. The zero-order chi connectivity index (χ0) is 20.7. The molecule has 1 spiro atoms. The summed E-state index contributed by atoms with van der Waals surface area (Å²) in [5, 5.41) is 6.17. The predicted molar refractivity (Wildman–Crippen MR) is 137 cm³/mol. The fourth-order valence-corrected chi connectivity index (χ4v) is 12.0. The van der Waals surface area contributed by atoms with Gasteiger partial charge < -0.3 is 0 Å². The van der Waals surface area contributed by atoms with Gasteiger partial charge in [0.05, 0.1) is 0 Å². The Morgan fingerprint density at radius 2 is 0.677 bits per heavy atom. The largest absolute Gasteiger partial charge is 0.0622 e. The Balaban J connectivity index is 1.35. The zero-order valence-electron chi connectivity index (χ0n) is 17.5. The second-order valence-corrected chi connectivity index (χ2v) is 13.5. The van der Waals surface area contributed by atoms with Gasteiger partial charge >= 0.3 is 0 Å². The van der Waals surface area contributed by atoms with Crippen molar-refractivity contribution in [3.8, 4) is 0 Å². The average molecular weight is 436 g/mol. The van der Waals surface area contributed by atoms with Crippen LogP contribution in [0.25, 0.3) is 0 Å². The van der Waals surface area contributed by atoms with Crippen LogP contribution < -0.4 is 21.2 Å². The molecule has 2 saturated carbocycles. The summed E-state index contributed by atoms with van der Waals surface area (Å²) in [4.78, 5) is 0. The molecule has 4 aromatic carbocycles. The fourth-order valence-electron chi connectivity index (χ4n) is 5.25. The minimum Gasteiger partial charge on any atom is -0.0622 e. The Morgan fingerprint density at radius 1 is 0.419 bits per heavy atom. The Hall–Kier alpha value is -2.26. The van der Waals surface area contributed by atoms with E-state index in [-0.39, 0.29) is 15.8 Å². The molecule has 2 atom stereocenters. The van der Waals surface area contributed by atoms with Crippen LogP contribution in [0.4, 0.5) is 0 Å². The first kappa shape index (κ1) is 19.4. The van der Waals surface area contributed by atoms with Gasteiger partial charge in [-0.25, -0.2) is 0 Å². The predicted octanol–water partition coefficient (Wildman–Crippen LogP) is 5.78. The van der Waals surface area contributed by atoms with Crippen LogP contribution in [-0.2, 0) is 0 Å². The minimum absolute atomic E-state index is 0.303. The smallest absolute Gasteiger partial charge is 0.00597 e. The van der Waals surface area contributed by atoms with Gasteiger partial charge in [0.2, 0.25) is 0 Å². The molecule has 0 heterocycles. The maximum absolute atomic E-state index is 2.36. The second kappa shape index (κ2) is 8.02. The molecule has 0 nitrogen and oxygen atoms in total. The quantitative estimate of drug-likeness (QED) is 0.336. The first-order chi connectivity index (χ1) is 15.4.